The van der Waals surface area contributed by atoms with Gasteiger partial charge < -0.3 is 26.4 Å². The van der Waals surface area contributed by atoms with Crippen LogP contribution in [0.4, 0.5) is 9.59 Å². The second-order valence-corrected chi connectivity index (χ2v) is 1.68. The van der Waals surface area contributed by atoms with Gasteiger partial charge in [0.1, 0.15) is 0 Å². The fourth-order valence-corrected chi connectivity index (χ4v) is 0.0747. The van der Waals surface area contributed by atoms with Gasteiger partial charge in [-0.25, -0.2) is 9.59 Å². The van der Waals surface area contributed by atoms with Crippen LogP contribution in [0.25, 0.3) is 0 Å². The molecule has 7 heteroatoms. The molecule has 0 spiro atoms. The van der Waals surface area contributed by atoms with Gasteiger partial charge in [0.05, 0.1) is 0 Å². The molecule has 0 aliphatic rings. The van der Waals surface area contributed by atoms with Crippen molar-refractivity contribution in [1.29, 1.82) is 0 Å². The summed E-state index contributed by atoms with van der Waals surface area (Å²) in [6.45, 7) is 7.87. The third kappa shape index (κ3) is 72.8. The second-order valence-electron chi connectivity index (χ2n) is 1.68. The van der Waals surface area contributed by atoms with E-state index in [1.807, 2.05) is 0 Å². The van der Waals surface area contributed by atoms with Crippen LogP contribution >= 0.6 is 0 Å². The molecule has 0 amide bonds. The molecule has 0 rings (SSSR count). The molecular formula is C8H16N2O5. The molecule has 0 bridgehead atoms. The summed E-state index contributed by atoms with van der Waals surface area (Å²) in [6, 6.07) is 0. The van der Waals surface area contributed by atoms with E-state index in [-0.39, 0.29) is 0 Å². The van der Waals surface area contributed by atoms with Gasteiger partial charge in [0.25, 0.3) is 0 Å². The van der Waals surface area contributed by atoms with Crippen LogP contribution in [0.5, 0.6) is 0 Å². The van der Waals surface area contributed by atoms with E-state index in [9.17, 15) is 9.59 Å². The van der Waals surface area contributed by atoms with Crippen molar-refractivity contribution in [2.24, 2.45) is 11.5 Å². The van der Waals surface area contributed by atoms with Gasteiger partial charge in [-0.1, -0.05) is 12.2 Å². The van der Waals surface area contributed by atoms with Crippen LogP contribution in [0, 0.1) is 0 Å². The summed E-state index contributed by atoms with van der Waals surface area (Å²) in [5.74, 6) is 0. The predicted molar refractivity (Wildman–Crippen MR) is 55.6 cm³/mol. The van der Waals surface area contributed by atoms with Crippen LogP contribution in [0.3, 0.4) is 0 Å². The van der Waals surface area contributed by atoms with Gasteiger partial charge in [-0.3, -0.25) is 0 Å². The number of carbonyl (C=O) groups is 2. The van der Waals surface area contributed by atoms with Gasteiger partial charge in [0, 0.05) is 13.1 Å². The van der Waals surface area contributed by atoms with E-state index in [1.165, 1.54) is 0 Å². The minimum absolute atomic E-state index is 0.583. The first-order valence-electron chi connectivity index (χ1n) is 3.71. The predicted octanol–water partition coefficient (Wildman–Crippen LogP) is 0.621. The molecular weight excluding hydrogens is 204 g/mol. The van der Waals surface area contributed by atoms with Gasteiger partial charge in [0.2, 0.25) is 0 Å². The Morgan fingerprint density at radius 1 is 1.07 bits per heavy atom. The molecule has 0 saturated carbocycles. The first kappa shape index (κ1) is 18.8. The minimum Gasteiger partial charge on any atom is -0.449 e. The third-order valence-corrected chi connectivity index (χ3v) is 0.508. The van der Waals surface area contributed by atoms with E-state index in [0.29, 0.717) is 13.1 Å². The number of carboxylic acid groups (broad SMARTS) is 2. The fourth-order valence-electron chi connectivity index (χ4n) is 0.0747. The summed E-state index contributed by atoms with van der Waals surface area (Å²) in [4.78, 5) is 18.4. The van der Waals surface area contributed by atoms with Gasteiger partial charge >= 0.3 is 12.3 Å². The summed E-state index contributed by atoms with van der Waals surface area (Å²) in [5, 5.41) is 15.0. The summed E-state index contributed by atoms with van der Waals surface area (Å²) in [7, 11) is 0. The lowest BCUT2D eigenvalue weighted by atomic mass is 10.7. The average molecular weight is 220 g/mol. The highest BCUT2D eigenvalue weighted by atomic mass is 16.7. The second kappa shape index (κ2) is 18.0. The molecule has 7 nitrogen and oxygen atoms in total. The first-order valence-corrected chi connectivity index (χ1v) is 3.71. The Hall–Kier alpha value is -1.86. The van der Waals surface area contributed by atoms with E-state index in [4.69, 9.17) is 21.7 Å². The lowest BCUT2D eigenvalue weighted by Crippen LogP contribution is -2.05. The van der Waals surface area contributed by atoms with Crippen molar-refractivity contribution in [2.45, 2.75) is 0 Å². The zero-order chi connectivity index (χ0) is 12.7. The quantitative estimate of drug-likeness (QED) is 0.304. The Balaban J connectivity index is -0.000000155. The topological polar surface area (TPSA) is 136 Å². The summed E-state index contributed by atoms with van der Waals surface area (Å²) in [5.41, 5.74) is 9.82. The SMILES string of the molecule is C=CCN.C=CCN.O=C(O)OC(=O)O. The molecule has 6 N–H and O–H groups in total. The molecule has 0 radical (unpaired) electrons. The van der Waals surface area contributed by atoms with Gasteiger partial charge in [-0.15, -0.1) is 13.2 Å². The van der Waals surface area contributed by atoms with E-state index in [0.717, 1.165) is 0 Å². The molecule has 0 heterocycles. The molecule has 0 aromatic carbocycles. The number of rotatable bonds is 2. The van der Waals surface area contributed by atoms with Gasteiger partial charge in [-0.05, 0) is 0 Å². The fraction of sp³-hybridized carbons (Fsp3) is 0.250. The van der Waals surface area contributed by atoms with E-state index in [1.54, 1.807) is 12.2 Å². The van der Waals surface area contributed by atoms with E-state index < -0.39 is 12.3 Å². The largest absolute Gasteiger partial charge is 0.516 e. The lowest BCUT2D eigenvalue weighted by molar-refractivity contribution is 0.0802. The van der Waals surface area contributed by atoms with Crippen molar-refractivity contribution in [3.8, 4) is 0 Å². The third-order valence-electron chi connectivity index (χ3n) is 0.508. The highest BCUT2D eigenvalue weighted by Crippen LogP contribution is 1.73. The molecule has 0 unspecified atom stereocenters. The van der Waals surface area contributed by atoms with Gasteiger partial charge in [0.15, 0.2) is 0 Å². The van der Waals surface area contributed by atoms with Crippen LogP contribution in [0.1, 0.15) is 0 Å². The summed E-state index contributed by atoms with van der Waals surface area (Å²) >= 11 is 0. The molecule has 0 aromatic heterocycles. The molecule has 15 heavy (non-hydrogen) atoms. The number of hydrogen-bond acceptors (Lipinski definition) is 5. The van der Waals surface area contributed by atoms with Crippen LogP contribution in [0.2, 0.25) is 0 Å². The van der Waals surface area contributed by atoms with Crippen molar-refractivity contribution < 1.29 is 24.5 Å². The van der Waals surface area contributed by atoms with Crippen LogP contribution < -0.4 is 11.5 Å². The average Bonchev–Trinajstić information content (AvgIpc) is 2.16. The molecule has 0 atom stereocenters. The Bertz CT molecular complexity index is 173. The molecule has 0 aliphatic heterocycles. The maximum atomic E-state index is 9.21. The molecule has 0 aromatic rings. The molecule has 0 aliphatic carbocycles. The van der Waals surface area contributed by atoms with Crippen molar-refractivity contribution in [3.63, 3.8) is 0 Å². The minimum atomic E-state index is -1.81. The summed E-state index contributed by atoms with van der Waals surface area (Å²) < 4.78 is 3.08. The zero-order valence-corrected chi connectivity index (χ0v) is 8.26. The number of nitrogens with two attached hydrogens (primary N) is 2. The van der Waals surface area contributed by atoms with Gasteiger partial charge in [-0.2, -0.15) is 0 Å². The van der Waals surface area contributed by atoms with E-state index in [2.05, 4.69) is 17.9 Å². The maximum absolute atomic E-state index is 9.21. The lowest BCUT2D eigenvalue weighted by Gasteiger charge is -1.84. The standard InChI is InChI=1S/2C3H7N.C2H2O5/c2*1-2-3-4;3-1(4)7-2(5)6/h2*2H,1,3-4H2;(H,3,4)(H,5,6). The van der Waals surface area contributed by atoms with Crippen LogP contribution in [-0.4, -0.2) is 35.6 Å². The van der Waals surface area contributed by atoms with Crippen molar-refractivity contribution in [1.82, 2.24) is 0 Å². The van der Waals surface area contributed by atoms with E-state index >= 15 is 0 Å². The summed E-state index contributed by atoms with van der Waals surface area (Å²) in [6.07, 6.45) is -0.319. The first-order chi connectivity index (χ1) is 6.95. The maximum Gasteiger partial charge on any atom is 0.516 e. The molecule has 0 saturated heterocycles. The zero-order valence-electron chi connectivity index (χ0n) is 8.26. The van der Waals surface area contributed by atoms with Crippen molar-refractivity contribution >= 4 is 12.3 Å². The Kier molecular flexibility index (Phi) is 22.6. The van der Waals surface area contributed by atoms with Crippen molar-refractivity contribution in [3.05, 3.63) is 25.3 Å². The van der Waals surface area contributed by atoms with Crippen LogP contribution in [-0.2, 0) is 4.74 Å². The normalized spacial score (nSPS) is 6.80. The number of hydrogen-bond donors (Lipinski definition) is 4. The number of ether oxygens (including phenoxy) is 1. The van der Waals surface area contributed by atoms with Crippen LogP contribution in [0.15, 0.2) is 25.3 Å². The Morgan fingerprint density at radius 2 is 1.27 bits per heavy atom. The highest BCUT2D eigenvalue weighted by molar-refractivity contribution is 5.74. The molecule has 88 valence electrons. The Morgan fingerprint density at radius 3 is 1.27 bits per heavy atom. The van der Waals surface area contributed by atoms with Crippen molar-refractivity contribution in [2.75, 3.05) is 13.1 Å². The Labute approximate surface area is 87.6 Å². The molecule has 0 fully saturated rings. The monoisotopic (exact) mass is 220 g/mol. The smallest absolute Gasteiger partial charge is 0.449 e. The highest BCUT2D eigenvalue weighted by Gasteiger charge is 2.01.